The molecule has 0 unspecified atom stereocenters. The van der Waals surface area contributed by atoms with E-state index >= 15 is 0 Å². The summed E-state index contributed by atoms with van der Waals surface area (Å²) in [5.41, 5.74) is 5.35. The zero-order chi connectivity index (χ0) is 20.9. The van der Waals surface area contributed by atoms with Gasteiger partial charge in [-0.1, -0.05) is 178 Å². The zero-order valence-electron chi connectivity index (χ0n) is 18.3. The summed E-state index contributed by atoms with van der Waals surface area (Å²) in [5.74, 6) is -1.43. The van der Waals surface area contributed by atoms with E-state index in [-0.39, 0.29) is 93.1 Å². The van der Waals surface area contributed by atoms with Crippen LogP contribution in [0.1, 0.15) is 197 Å². The number of ether oxygens (including phenoxy) is 1. The van der Waals surface area contributed by atoms with Gasteiger partial charge >= 0.3 is 11.9 Å². The summed E-state index contributed by atoms with van der Waals surface area (Å²) < 4.78 is 5.10. The smallest absolute Gasteiger partial charge is 0.320 e. The van der Waals surface area contributed by atoms with Gasteiger partial charge in [-0.2, -0.15) is 0 Å². The van der Waals surface area contributed by atoms with E-state index in [9.17, 15) is 9.59 Å². The predicted molar refractivity (Wildman–Crippen MR) is 183 cm³/mol. The number of carboxylic acid groups (broad SMARTS) is 1. The first-order chi connectivity index (χ1) is 13.6. The van der Waals surface area contributed by atoms with Crippen molar-refractivity contribution in [2.24, 2.45) is 5.73 Å². The van der Waals surface area contributed by atoms with E-state index in [4.69, 9.17) is 15.6 Å². The third kappa shape index (κ3) is 55.4. The average molecular weight is 560 g/mol. The minimum atomic E-state index is -1.08. The molecule has 5 nitrogen and oxygen atoms in total. The number of carbonyl (C=O) groups is 2. The third-order valence-electron chi connectivity index (χ3n) is 5.24. The molecule has 0 aliphatic heterocycles. The number of hydrogen-bond acceptors (Lipinski definition) is 4. The molecule has 0 aromatic carbocycles. The third-order valence-corrected chi connectivity index (χ3v) is 5.24. The number of esters is 1. The Kier molecular flexibility index (Phi) is 105. The summed E-state index contributed by atoms with van der Waals surface area (Å²) in [6, 6.07) is -0.983. The van der Waals surface area contributed by atoms with Gasteiger partial charge in [0.1, 0.15) is 6.04 Å². The van der Waals surface area contributed by atoms with Crippen LogP contribution in [-0.2, 0) is 14.3 Å². The Morgan fingerprint density at radius 2 is 0.868 bits per heavy atom. The van der Waals surface area contributed by atoms with Gasteiger partial charge in [0.15, 0.2) is 0 Å². The van der Waals surface area contributed by atoms with Crippen molar-refractivity contribution >= 4 is 11.9 Å². The van der Waals surface area contributed by atoms with Gasteiger partial charge in [-0.05, 0) is 12.8 Å². The van der Waals surface area contributed by atoms with Gasteiger partial charge in [0.25, 0.3) is 0 Å². The maximum atomic E-state index is 11.5. The van der Waals surface area contributed by atoms with Crippen molar-refractivity contribution in [3.05, 3.63) is 0 Å². The molecule has 0 fully saturated rings. The highest BCUT2D eigenvalue weighted by Gasteiger charge is 2.13. The fraction of sp³-hybridized carbons (Fsp3) is 0.939. The van der Waals surface area contributed by atoms with Gasteiger partial charge in [-0.15, -0.1) is 0 Å². The van der Waals surface area contributed by atoms with E-state index in [0.717, 1.165) is 12.8 Å². The predicted octanol–water partition coefficient (Wildman–Crippen LogP) is 12.3. The van der Waals surface area contributed by atoms with E-state index < -0.39 is 12.0 Å². The second-order valence-corrected chi connectivity index (χ2v) is 8.01. The molecule has 246 valence electrons. The molecule has 0 radical (unpaired) electrons. The number of aliphatic carboxylic acids is 1. The lowest BCUT2D eigenvalue weighted by Crippen LogP contribution is -2.30. The van der Waals surface area contributed by atoms with Gasteiger partial charge in [-0.25, -0.2) is 0 Å². The van der Waals surface area contributed by atoms with E-state index in [1.54, 1.807) is 0 Å². The number of rotatable bonds is 21. The van der Waals surface area contributed by atoms with Crippen molar-refractivity contribution in [2.45, 2.75) is 203 Å². The first kappa shape index (κ1) is 70.9. The van der Waals surface area contributed by atoms with Crippen LogP contribution >= 0.6 is 0 Å². The number of nitrogens with two attached hydrogens (primary N) is 1. The summed E-state index contributed by atoms with van der Waals surface area (Å²) in [6.45, 7) is 2.70. The van der Waals surface area contributed by atoms with Crippen LogP contribution in [0.25, 0.3) is 0 Å². The molecule has 0 amide bonds. The molecule has 1 atom stereocenters. The topological polar surface area (TPSA) is 89.6 Å². The second-order valence-electron chi connectivity index (χ2n) is 8.01. The molecule has 38 heavy (non-hydrogen) atoms. The van der Waals surface area contributed by atoms with E-state index in [0.29, 0.717) is 6.61 Å². The summed E-state index contributed by atoms with van der Waals surface area (Å²) >= 11 is 0. The average Bonchev–Trinajstić information content (AvgIpc) is 2.68. The molecular formula is C33H85NO4. The van der Waals surface area contributed by atoms with Crippen molar-refractivity contribution in [3.8, 4) is 0 Å². The second kappa shape index (κ2) is 56.2. The molecule has 0 saturated heterocycles. The van der Waals surface area contributed by atoms with Gasteiger partial charge in [-0.3, -0.25) is 9.59 Å². The Morgan fingerprint density at radius 1 is 0.579 bits per heavy atom. The maximum absolute atomic E-state index is 11.5. The van der Waals surface area contributed by atoms with E-state index in [2.05, 4.69) is 6.92 Å². The van der Waals surface area contributed by atoms with Crippen LogP contribution in [0.2, 0.25) is 0 Å². The van der Waals surface area contributed by atoms with Crippen molar-refractivity contribution in [2.75, 3.05) is 6.61 Å². The largest absolute Gasteiger partial charge is 0.480 e. The van der Waals surface area contributed by atoms with Gasteiger partial charge < -0.3 is 15.6 Å². The minimum absolute atomic E-state index is 0. The fourth-order valence-corrected chi connectivity index (χ4v) is 3.31. The normalized spacial score (nSPS) is 8.89. The summed E-state index contributed by atoms with van der Waals surface area (Å²) in [5, 5.41) is 8.65. The van der Waals surface area contributed by atoms with Gasteiger partial charge in [0.2, 0.25) is 0 Å². The van der Waals surface area contributed by atoms with Gasteiger partial charge in [0.05, 0.1) is 6.61 Å². The highest BCUT2D eigenvalue weighted by atomic mass is 16.5. The Bertz CT molecular complexity index is 376. The van der Waals surface area contributed by atoms with Crippen LogP contribution in [-0.4, -0.2) is 29.7 Å². The highest BCUT2D eigenvalue weighted by molar-refractivity contribution is 5.75. The van der Waals surface area contributed by atoms with Crippen molar-refractivity contribution < 1.29 is 19.4 Å². The van der Waals surface area contributed by atoms with Crippen LogP contribution in [0.4, 0.5) is 0 Å². The molecule has 0 saturated carbocycles. The maximum Gasteiger partial charge on any atom is 0.320 e. The van der Waals surface area contributed by atoms with Crippen molar-refractivity contribution in [1.82, 2.24) is 0 Å². The molecule has 5 heteroatoms. The summed E-state index contributed by atoms with van der Waals surface area (Å²) in [4.78, 5) is 22.0. The molecule has 0 spiro atoms. The Balaban J connectivity index is -0.0000000810. The van der Waals surface area contributed by atoms with Crippen molar-refractivity contribution in [1.29, 1.82) is 0 Å². The fourth-order valence-electron chi connectivity index (χ4n) is 3.31. The molecule has 0 rings (SSSR count). The SMILES string of the molecule is C.C.C.C.C.C.C.C.C.C.CCCCCCCCCCCCCCCCCCOC(=O)CC[C@H](N)C(=O)O. The van der Waals surface area contributed by atoms with E-state index in [1.165, 1.54) is 89.9 Å². The first-order valence-electron chi connectivity index (χ1n) is 11.7. The zero-order valence-corrected chi connectivity index (χ0v) is 18.3. The van der Waals surface area contributed by atoms with Crippen LogP contribution < -0.4 is 5.73 Å². The number of hydrogen-bond donors (Lipinski definition) is 2. The quantitative estimate of drug-likeness (QED) is 0.108. The van der Waals surface area contributed by atoms with Crippen LogP contribution in [0.3, 0.4) is 0 Å². The Morgan fingerprint density at radius 3 is 1.16 bits per heavy atom. The highest BCUT2D eigenvalue weighted by Crippen LogP contribution is 2.13. The Labute approximate surface area is 246 Å². The van der Waals surface area contributed by atoms with Crippen LogP contribution in [0.15, 0.2) is 0 Å². The molecule has 0 aliphatic carbocycles. The summed E-state index contributed by atoms with van der Waals surface area (Å²) in [6.07, 6.45) is 21.3. The molecule has 0 bridgehead atoms. The van der Waals surface area contributed by atoms with E-state index in [1.807, 2.05) is 0 Å². The molecule has 3 N–H and O–H groups in total. The minimum Gasteiger partial charge on any atom is -0.480 e. The lowest BCUT2D eigenvalue weighted by atomic mass is 10.0. The monoisotopic (exact) mass is 560 g/mol. The number of unbranched alkanes of at least 4 members (excludes halogenated alkanes) is 15. The molecule has 0 aromatic heterocycles. The molecule has 0 aliphatic rings. The molecule has 0 heterocycles. The number of carbonyl (C=O) groups excluding carboxylic acids is 1. The Hall–Kier alpha value is -1.10. The molecular weight excluding hydrogens is 474 g/mol. The first-order valence-corrected chi connectivity index (χ1v) is 11.7. The summed E-state index contributed by atoms with van der Waals surface area (Å²) in [7, 11) is 0. The molecule has 0 aromatic rings. The van der Waals surface area contributed by atoms with Crippen molar-refractivity contribution in [3.63, 3.8) is 0 Å². The standard InChI is InChI=1S/C23H45NO4.10CH4/c1-2-3-4-5-6-7-8-9-10-11-12-13-14-15-16-17-20-28-22(25)19-18-21(24)23(26)27;;;;;;;;;;/h21H,2-20,24H2,1H3,(H,26,27);10*1H4/t21-;;;;;;;;;;/m0........../s1. The lowest BCUT2D eigenvalue weighted by Gasteiger charge is -2.07. The van der Waals surface area contributed by atoms with Crippen LogP contribution in [0, 0.1) is 0 Å². The lowest BCUT2D eigenvalue weighted by molar-refractivity contribution is -0.144. The van der Waals surface area contributed by atoms with Gasteiger partial charge in [0, 0.05) is 6.42 Å². The van der Waals surface area contributed by atoms with Crippen LogP contribution in [0.5, 0.6) is 0 Å². The number of carboxylic acids is 1.